The fourth-order valence-corrected chi connectivity index (χ4v) is 2.10. The van der Waals surface area contributed by atoms with Gasteiger partial charge >= 0.3 is 0 Å². The fourth-order valence-electron chi connectivity index (χ4n) is 2.10. The predicted molar refractivity (Wildman–Crippen MR) is 85.9 cm³/mol. The maximum Gasteiger partial charge on any atom is 0.223 e. The molecule has 0 aromatic heterocycles. The van der Waals surface area contributed by atoms with Crippen molar-refractivity contribution in [1.82, 2.24) is 5.32 Å². The first kappa shape index (κ1) is 19.7. The lowest BCUT2D eigenvalue weighted by molar-refractivity contribution is -0.125. The maximum absolute atomic E-state index is 12.1. The molecule has 0 radical (unpaired) electrons. The second kappa shape index (κ2) is 8.87. The number of ether oxygens (including phenoxy) is 2. The van der Waals surface area contributed by atoms with Gasteiger partial charge in [-0.25, -0.2) is 0 Å². The Hall–Kier alpha value is -1.30. The number of hydrogen-bond acceptors (Lipinski definition) is 4. The molecule has 1 aromatic carbocycles. The molecule has 0 fully saturated rings. The Kier molecular flexibility index (Phi) is 8.32. The van der Waals surface area contributed by atoms with Crippen LogP contribution in [0.25, 0.3) is 0 Å². The minimum atomic E-state index is -0.531. The van der Waals surface area contributed by atoms with E-state index in [1.54, 1.807) is 14.2 Å². The van der Waals surface area contributed by atoms with Crippen molar-refractivity contribution in [3.05, 3.63) is 29.8 Å². The second-order valence-electron chi connectivity index (χ2n) is 5.17. The summed E-state index contributed by atoms with van der Waals surface area (Å²) in [5.41, 5.74) is 5.92. The van der Waals surface area contributed by atoms with Crippen molar-refractivity contribution in [1.29, 1.82) is 0 Å². The van der Waals surface area contributed by atoms with Gasteiger partial charge in [0.25, 0.3) is 0 Å². The predicted octanol–water partition coefficient (Wildman–Crippen LogP) is 1.83. The van der Waals surface area contributed by atoms with Gasteiger partial charge in [0.2, 0.25) is 5.91 Å². The summed E-state index contributed by atoms with van der Waals surface area (Å²) in [6, 6.07) is 7.64. The average molecular weight is 317 g/mol. The van der Waals surface area contributed by atoms with E-state index in [0.717, 1.165) is 11.3 Å². The summed E-state index contributed by atoms with van der Waals surface area (Å²) in [5.74, 6) is 0.651. The standard InChI is InChI=1S/C15H24N2O3.ClH/c1-15(2,12-7-5-6-8-13(12)20-4)17-14(18)9-11(10-16)19-3;/h5-8,11H,9-10,16H2,1-4H3,(H,17,18);1H. The van der Waals surface area contributed by atoms with Crippen LogP contribution >= 0.6 is 12.4 Å². The van der Waals surface area contributed by atoms with Crippen LogP contribution in [0.1, 0.15) is 25.8 Å². The van der Waals surface area contributed by atoms with Gasteiger partial charge in [-0.1, -0.05) is 18.2 Å². The summed E-state index contributed by atoms with van der Waals surface area (Å²) in [5, 5.41) is 2.99. The highest BCUT2D eigenvalue weighted by Gasteiger charge is 2.26. The molecule has 6 heteroatoms. The van der Waals surface area contributed by atoms with Gasteiger partial charge in [-0.2, -0.15) is 0 Å². The Morgan fingerprint density at radius 3 is 2.48 bits per heavy atom. The Bertz CT molecular complexity index is 448. The summed E-state index contributed by atoms with van der Waals surface area (Å²) < 4.78 is 10.5. The molecule has 0 saturated carbocycles. The lowest BCUT2D eigenvalue weighted by Crippen LogP contribution is -2.43. The van der Waals surface area contributed by atoms with Crippen molar-refractivity contribution in [2.75, 3.05) is 20.8 Å². The van der Waals surface area contributed by atoms with Crippen molar-refractivity contribution in [2.24, 2.45) is 5.73 Å². The minimum Gasteiger partial charge on any atom is -0.496 e. The third kappa shape index (κ3) is 5.53. The van der Waals surface area contributed by atoms with Crippen molar-refractivity contribution < 1.29 is 14.3 Å². The number of carbonyl (C=O) groups is 1. The van der Waals surface area contributed by atoms with Crippen LogP contribution in [0.2, 0.25) is 0 Å². The molecule has 0 bridgehead atoms. The Labute approximate surface area is 132 Å². The second-order valence-corrected chi connectivity index (χ2v) is 5.17. The molecule has 120 valence electrons. The lowest BCUT2D eigenvalue weighted by atomic mass is 9.93. The third-order valence-electron chi connectivity index (χ3n) is 3.24. The van der Waals surface area contributed by atoms with E-state index in [2.05, 4.69) is 5.32 Å². The summed E-state index contributed by atoms with van der Waals surface area (Å²) in [6.45, 7) is 4.19. The quantitative estimate of drug-likeness (QED) is 0.805. The van der Waals surface area contributed by atoms with Gasteiger partial charge in [-0.15, -0.1) is 12.4 Å². The highest BCUT2D eigenvalue weighted by molar-refractivity contribution is 5.85. The zero-order chi connectivity index (χ0) is 15.2. The molecule has 0 aliphatic carbocycles. The van der Waals surface area contributed by atoms with E-state index in [-0.39, 0.29) is 30.8 Å². The molecule has 1 amide bonds. The molecular weight excluding hydrogens is 292 g/mol. The first-order valence-corrected chi connectivity index (χ1v) is 6.62. The molecular formula is C15H25ClN2O3. The van der Waals surface area contributed by atoms with Gasteiger partial charge in [0.05, 0.1) is 25.2 Å². The Morgan fingerprint density at radius 1 is 1.33 bits per heavy atom. The van der Waals surface area contributed by atoms with Crippen molar-refractivity contribution in [3.8, 4) is 5.75 Å². The zero-order valence-electron chi connectivity index (χ0n) is 13.0. The van der Waals surface area contributed by atoms with Gasteiger partial charge in [0, 0.05) is 19.2 Å². The fraction of sp³-hybridized carbons (Fsp3) is 0.533. The van der Waals surface area contributed by atoms with E-state index in [4.69, 9.17) is 15.2 Å². The molecule has 5 nitrogen and oxygen atoms in total. The largest absolute Gasteiger partial charge is 0.496 e. The molecule has 3 N–H and O–H groups in total. The van der Waals surface area contributed by atoms with Crippen LogP contribution in [0.4, 0.5) is 0 Å². The first-order chi connectivity index (χ1) is 9.44. The molecule has 0 aliphatic heterocycles. The molecule has 1 aromatic rings. The summed E-state index contributed by atoms with van der Waals surface area (Å²) in [4.78, 5) is 12.1. The summed E-state index contributed by atoms with van der Waals surface area (Å²) in [6.07, 6.45) is -0.0190. The number of carbonyl (C=O) groups excluding carboxylic acids is 1. The molecule has 1 unspecified atom stereocenters. The highest BCUT2D eigenvalue weighted by atomic mass is 35.5. The summed E-state index contributed by atoms with van der Waals surface area (Å²) in [7, 11) is 3.17. The Balaban J connectivity index is 0.00000400. The zero-order valence-corrected chi connectivity index (χ0v) is 13.8. The summed E-state index contributed by atoms with van der Waals surface area (Å²) >= 11 is 0. The van der Waals surface area contributed by atoms with E-state index in [1.807, 2.05) is 38.1 Å². The van der Waals surface area contributed by atoms with Gasteiger partial charge in [-0.3, -0.25) is 4.79 Å². The van der Waals surface area contributed by atoms with Crippen molar-refractivity contribution >= 4 is 18.3 Å². The number of methoxy groups -OCH3 is 2. The number of para-hydroxylation sites is 1. The van der Waals surface area contributed by atoms with Crippen LogP contribution in [0.15, 0.2) is 24.3 Å². The molecule has 0 aliphatic rings. The smallest absolute Gasteiger partial charge is 0.223 e. The van der Waals surface area contributed by atoms with Gasteiger partial charge in [-0.05, 0) is 19.9 Å². The molecule has 1 atom stereocenters. The van der Waals surface area contributed by atoms with Gasteiger partial charge < -0.3 is 20.5 Å². The third-order valence-corrected chi connectivity index (χ3v) is 3.24. The van der Waals surface area contributed by atoms with Crippen LogP contribution in [-0.4, -0.2) is 32.8 Å². The molecule has 0 heterocycles. The molecule has 21 heavy (non-hydrogen) atoms. The van der Waals surface area contributed by atoms with E-state index < -0.39 is 5.54 Å². The number of nitrogens with one attached hydrogen (secondary N) is 1. The Morgan fingerprint density at radius 2 is 1.95 bits per heavy atom. The van der Waals surface area contributed by atoms with Crippen LogP contribution < -0.4 is 15.8 Å². The van der Waals surface area contributed by atoms with Crippen LogP contribution in [0.5, 0.6) is 5.75 Å². The number of benzene rings is 1. The van der Waals surface area contributed by atoms with Crippen molar-refractivity contribution in [2.45, 2.75) is 31.9 Å². The maximum atomic E-state index is 12.1. The van der Waals surface area contributed by atoms with Gasteiger partial charge in [0.15, 0.2) is 0 Å². The van der Waals surface area contributed by atoms with Crippen molar-refractivity contribution in [3.63, 3.8) is 0 Å². The molecule has 1 rings (SSSR count). The van der Waals surface area contributed by atoms with E-state index in [9.17, 15) is 4.79 Å². The number of hydrogen-bond donors (Lipinski definition) is 2. The van der Waals surface area contributed by atoms with Crippen LogP contribution in [-0.2, 0) is 15.1 Å². The monoisotopic (exact) mass is 316 g/mol. The van der Waals surface area contributed by atoms with Crippen LogP contribution in [0.3, 0.4) is 0 Å². The molecule has 0 saturated heterocycles. The number of amides is 1. The average Bonchev–Trinajstić information content (AvgIpc) is 2.44. The lowest BCUT2D eigenvalue weighted by Gasteiger charge is -2.29. The topological polar surface area (TPSA) is 73.6 Å². The number of halogens is 1. The van der Waals surface area contributed by atoms with E-state index in [0.29, 0.717) is 6.54 Å². The first-order valence-electron chi connectivity index (χ1n) is 6.62. The highest BCUT2D eigenvalue weighted by Crippen LogP contribution is 2.29. The number of rotatable bonds is 7. The minimum absolute atomic E-state index is 0. The number of nitrogens with two attached hydrogens (primary N) is 1. The normalized spacial score (nSPS) is 12.2. The van der Waals surface area contributed by atoms with E-state index >= 15 is 0 Å². The van der Waals surface area contributed by atoms with Crippen LogP contribution in [0, 0.1) is 0 Å². The van der Waals surface area contributed by atoms with E-state index in [1.165, 1.54) is 0 Å². The SMILES string of the molecule is COc1ccccc1C(C)(C)NC(=O)CC(CN)OC.Cl. The molecule has 0 spiro atoms. The van der Waals surface area contributed by atoms with Gasteiger partial charge in [0.1, 0.15) is 5.75 Å².